The van der Waals surface area contributed by atoms with E-state index >= 15 is 0 Å². The lowest BCUT2D eigenvalue weighted by Gasteiger charge is -2.49. The molecule has 0 bridgehead atoms. The monoisotopic (exact) mass is 916 g/mol. The summed E-state index contributed by atoms with van der Waals surface area (Å²) in [6, 6.07) is 0.217. The summed E-state index contributed by atoms with van der Waals surface area (Å²) in [7, 11) is 7.42. The molecule has 4 fully saturated rings. The molecule has 0 amide bonds. The van der Waals surface area contributed by atoms with Crippen LogP contribution in [0.15, 0.2) is 0 Å². The molecule has 4 heterocycles. The van der Waals surface area contributed by atoms with Crippen LogP contribution in [-0.4, -0.2) is 187 Å². The molecule has 4 rings (SSSR count). The maximum atomic E-state index is 14.7. The molecule has 2 N–H and O–H groups in total. The number of carbonyl (C=O) groups is 2. The zero-order valence-corrected chi connectivity index (χ0v) is 42.7. The summed E-state index contributed by atoms with van der Waals surface area (Å²) in [5.74, 6) is -2.40. The Hall–Kier alpha value is -1.70. The number of rotatable bonds is 14. The molecule has 0 unspecified atom stereocenters. The van der Waals surface area contributed by atoms with Gasteiger partial charge in [0.05, 0.1) is 41.5 Å². The van der Waals surface area contributed by atoms with E-state index in [0.717, 1.165) is 13.0 Å². The minimum absolute atomic E-state index is 0.113. The van der Waals surface area contributed by atoms with Crippen molar-refractivity contribution in [2.24, 2.45) is 17.8 Å². The predicted octanol–water partition coefficient (Wildman–Crippen LogP) is 5.62. The number of ether oxygens (including phenoxy) is 9. The number of hydrogen-bond acceptors (Lipinski definition) is 16. The van der Waals surface area contributed by atoms with Gasteiger partial charge in [-0.15, -0.1) is 0 Å². The Morgan fingerprint density at radius 1 is 0.922 bits per heavy atom. The van der Waals surface area contributed by atoms with Gasteiger partial charge in [-0.1, -0.05) is 20.8 Å². The molecule has 0 aromatic heterocycles. The van der Waals surface area contributed by atoms with Gasteiger partial charge < -0.3 is 57.7 Å². The first-order valence-electron chi connectivity index (χ1n) is 24.1. The van der Waals surface area contributed by atoms with Crippen LogP contribution in [0.1, 0.15) is 129 Å². The highest BCUT2D eigenvalue weighted by Gasteiger charge is 2.58. The molecule has 0 aromatic carbocycles. The van der Waals surface area contributed by atoms with Gasteiger partial charge in [-0.05, 0) is 129 Å². The number of methoxy groups -OCH3 is 1. The highest BCUT2D eigenvalue weighted by atomic mass is 16.8. The Morgan fingerprint density at radius 2 is 1.56 bits per heavy atom. The topological polar surface area (TPSA) is 167 Å². The average Bonchev–Trinajstić information content (AvgIpc) is 3.51. The summed E-state index contributed by atoms with van der Waals surface area (Å²) < 4.78 is 57.8. The quantitative estimate of drug-likeness (QED) is 0.163. The number of likely N-dealkylation sites (N-methyl/N-ethyl adjacent to an activating group) is 2. The van der Waals surface area contributed by atoms with Crippen molar-refractivity contribution in [3.63, 3.8) is 0 Å². The Balaban J connectivity index is 1.75. The second-order valence-corrected chi connectivity index (χ2v) is 21.2. The molecular weight excluding hydrogens is 827 g/mol. The lowest BCUT2D eigenvalue weighted by molar-refractivity contribution is -0.320. The van der Waals surface area contributed by atoms with Crippen molar-refractivity contribution in [3.05, 3.63) is 0 Å². The number of fused-ring (bicyclic) bond motifs is 1. The summed E-state index contributed by atoms with van der Waals surface area (Å²) in [6.07, 6.45) is -6.28. The lowest BCUT2D eigenvalue weighted by atomic mass is 9.77. The van der Waals surface area contributed by atoms with E-state index in [1.165, 1.54) is 0 Å². The van der Waals surface area contributed by atoms with Crippen LogP contribution < -0.4 is 0 Å². The molecule has 16 nitrogen and oxygen atoms in total. The molecule has 4 saturated heterocycles. The van der Waals surface area contributed by atoms with Crippen LogP contribution in [-0.2, 0) is 47.4 Å². The second-order valence-electron chi connectivity index (χ2n) is 21.2. The zero-order chi connectivity index (χ0) is 48.2. The third-order valence-corrected chi connectivity index (χ3v) is 14.8. The van der Waals surface area contributed by atoms with E-state index in [9.17, 15) is 19.8 Å². The van der Waals surface area contributed by atoms with Crippen molar-refractivity contribution >= 4 is 12.1 Å². The first-order valence-corrected chi connectivity index (χ1v) is 24.1. The molecule has 0 aliphatic carbocycles. The number of cyclic esters (lactones) is 1. The molecular formula is C48H89N3O13. The normalized spacial score (nSPS) is 43.5. The molecule has 374 valence electrons. The van der Waals surface area contributed by atoms with E-state index in [4.69, 9.17) is 42.6 Å². The average molecular weight is 916 g/mol. The summed E-state index contributed by atoms with van der Waals surface area (Å²) in [6.45, 7) is 29.6. The molecule has 64 heavy (non-hydrogen) atoms. The van der Waals surface area contributed by atoms with E-state index < -0.39 is 96.1 Å². The fourth-order valence-corrected chi connectivity index (χ4v) is 11.2. The smallest absolute Gasteiger partial charge is 0.458 e. The molecule has 4 aliphatic rings. The van der Waals surface area contributed by atoms with Crippen molar-refractivity contribution in [2.75, 3.05) is 47.9 Å². The van der Waals surface area contributed by atoms with Crippen molar-refractivity contribution in [1.29, 1.82) is 0 Å². The zero-order valence-electron chi connectivity index (χ0n) is 42.7. The maximum absolute atomic E-state index is 14.7. The van der Waals surface area contributed by atoms with Gasteiger partial charge in [0, 0.05) is 63.3 Å². The van der Waals surface area contributed by atoms with Gasteiger partial charge in [0.1, 0.15) is 18.3 Å². The predicted molar refractivity (Wildman–Crippen MR) is 243 cm³/mol. The summed E-state index contributed by atoms with van der Waals surface area (Å²) in [5, 5.41) is 24.5. The van der Waals surface area contributed by atoms with Crippen LogP contribution in [0.25, 0.3) is 0 Å². The number of carbonyl (C=O) groups excluding carboxylic acids is 2. The van der Waals surface area contributed by atoms with Crippen molar-refractivity contribution in [2.45, 2.75) is 231 Å². The Bertz CT molecular complexity index is 1480. The lowest BCUT2D eigenvalue weighted by Crippen LogP contribution is -2.61. The number of aliphatic hydroxyl groups is 2. The summed E-state index contributed by atoms with van der Waals surface area (Å²) in [4.78, 5) is 34.1. The molecule has 18 atom stereocenters. The van der Waals surface area contributed by atoms with Crippen LogP contribution in [0, 0.1) is 17.8 Å². The second kappa shape index (κ2) is 22.6. The highest BCUT2D eigenvalue weighted by molar-refractivity contribution is 5.73. The van der Waals surface area contributed by atoms with Gasteiger partial charge in [-0.2, -0.15) is 0 Å². The van der Waals surface area contributed by atoms with Gasteiger partial charge in [0.2, 0.25) is 0 Å². The van der Waals surface area contributed by atoms with E-state index in [-0.39, 0.29) is 36.9 Å². The fraction of sp³-hybridized carbons (Fsp3) is 0.958. The molecule has 4 aliphatic heterocycles. The van der Waals surface area contributed by atoms with E-state index in [2.05, 4.69) is 37.5 Å². The number of hydrogen-bond donors (Lipinski definition) is 2. The van der Waals surface area contributed by atoms with Crippen LogP contribution in [0.4, 0.5) is 4.79 Å². The Morgan fingerprint density at radius 3 is 2.14 bits per heavy atom. The number of esters is 1. The first-order chi connectivity index (χ1) is 29.7. The summed E-state index contributed by atoms with van der Waals surface area (Å²) in [5.41, 5.74) is -3.67. The molecule has 0 aromatic rings. The van der Waals surface area contributed by atoms with Gasteiger partial charge in [0.15, 0.2) is 24.3 Å². The third kappa shape index (κ3) is 12.7. The maximum Gasteiger partial charge on any atom is 0.509 e. The number of nitrogens with zero attached hydrogens (tertiary/aromatic N) is 3. The van der Waals surface area contributed by atoms with Crippen molar-refractivity contribution in [1.82, 2.24) is 14.7 Å². The largest absolute Gasteiger partial charge is 0.509 e. The van der Waals surface area contributed by atoms with E-state index in [0.29, 0.717) is 38.1 Å². The van der Waals surface area contributed by atoms with Crippen molar-refractivity contribution < 1.29 is 62.4 Å². The van der Waals surface area contributed by atoms with Gasteiger partial charge in [-0.25, -0.2) is 4.79 Å². The van der Waals surface area contributed by atoms with Gasteiger partial charge in [0.25, 0.3) is 0 Å². The first kappa shape index (κ1) is 54.9. The van der Waals surface area contributed by atoms with E-state index in [1.54, 1.807) is 27.9 Å². The van der Waals surface area contributed by atoms with Crippen LogP contribution in [0.3, 0.4) is 0 Å². The van der Waals surface area contributed by atoms with Gasteiger partial charge in [-0.3, -0.25) is 14.6 Å². The van der Waals surface area contributed by atoms with E-state index in [1.807, 2.05) is 74.5 Å². The van der Waals surface area contributed by atoms with Crippen LogP contribution >= 0.6 is 0 Å². The molecule has 0 spiro atoms. The fourth-order valence-electron chi connectivity index (χ4n) is 11.2. The van der Waals surface area contributed by atoms with Gasteiger partial charge >= 0.3 is 12.1 Å². The van der Waals surface area contributed by atoms with Crippen molar-refractivity contribution in [3.8, 4) is 0 Å². The Kier molecular flexibility index (Phi) is 19.4. The third-order valence-electron chi connectivity index (χ3n) is 14.8. The standard InChI is InChI=1S/C48H89N3O13/c1-19-36-48(14)41(63-45(54)64-48)33(10)50(17)26-29(6)24-46(12,55)40(62-44-38(52)35(49(15)16)23-30(7)58-44)31(8)39(32(9)43(53)60-36)61-37-25-47(13,56-18)42(34(11)59-37)57-22-20-21-51(27(2)3)28(4)5/h27-42,44,52,55H,19-26H2,1-18H3/t29-,30-,31+,32-,33-,34+,35+,36-,37+,38-,39+,40-,41-,42+,44+,46-,47-,48-/m1/s1. The minimum atomic E-state index is -1.55. The summed E-state index contributed by atoms with van der Waals surface area (Å²) >= 11 is 0. The molecule has 0 radical (unpaired) electrons. The SMILES string of the molecule is CC[C@H]1OC(=O)[C@H](C)[C@@H](O[C@H]2C[C@@](C)(OC)[C@@H](OCCCN(C(C)C)C(C)C)[C@H](C)O2)[C@H](C)[C@@H](O[C@@H]2O[C@H](C)C[C@H](N(C)C)[C@H]2O)[C@](C)(O)C[C@@H](C)CN(C)[C@H](C)[C@H]2OC(=O)O[C@@]21C. The number of aliphatic hydroxyl groups excluding tert-OH is 1. The minimum Gasteiger partial charge on any atom is -0.458 e. The highest BCUT2D eigenvalue weighted by Crippen LogP contribution is 2.42. The van der Waals surface area contributed by atoms with Crippen LogP contribution in [0.2, 0.25) is 0 Å². The Labute approximate surface area is 385 Å². The van der Waals surface area contributed by atoms with Crippen LogP contribution in [0.5, 0.6) is 0 Å². The molecule has 16 heteroatoms. The molecule has 0 saturated carbocycles.